The third-order valence-corrected chi connectivity index (χ3v) is 5.81. The quantitative estimate of drug-likeness (QED) is 0.656. The van der Waals surface area contributed by atoms with Gasteiger partial charge in [0.15, 0.2) is 0 Å². The van der Waals surface area contributed by atoms with E-state index in [1.807, 2.05) is 25.5 Å². The van der Waals surface area contributed by atoms with Crippen LogP contribution in [0.1, 0.15) is 33.3 Å². The van der Waals surface area contributed by atoms with E-state index in [0.29, 0.717) is 12.6 Å². The van der Waals surface area contributed by atoms with Gasteiger partial charge in [-0.15, -0.1) is 0 Å². The van der Waals surface area contributed by atoms with Crippen molar-refractivity contribution in [1.82, 2.24) is 14.9 Å². The molecule has 0 bridgehead atoms. The summed E-state index contributed by atoms with van der Waals surface area (Å²) in [5, 5.41) is 2.62. The molecule has 0 aromatic heterocycles. The van der Waals surface area contributed by atoms with Crippen LogP contribution in [0.2, 0.25) is 0 Å². The summed E-state index contributed by atoms with van der Waals surface area (Å²) < 4.78 is 65.9. The first-order valence-corrected chi connectivity index (χ1v) is 10.1. The molecule has 0 saturated heterocycles. The molecule has 2 N–H and O–H groups in total. The van der Waals surface area contributed by atoms with E-state index in [2.05, 4.69) is 10.2 Å². The number of likely N-dealkylation sites (N-methyl/N-ethyl adjacent to an activating group) is 1. The fourth-order valence-corrected chi connectivity index (χ4v) is 4.09. The lowest BCUT2D eigenvalue weighted by molar-refractivity contribution is -0.139. The predicted octanol–water partition coefficient (Wildman–Crippen LogP) is 2.22. The summed E-state index contributed by atoms with van der Waals surface area (Å²) in [6, 6.07) is 2.66. The van der Waals surface area contributed by atoms with Crippen LogP contribution in [0.15, 0.2) is 29.2 Å². The molecule has 27 heavy (non-hydrogen) atoms. The molecule has 0 aliphatic carbocycles. The predicted molar refractivity (Wildman–Crippen MR) is 96.6 cm³/mol. The molecule has 154 valence electrons. The topological polar surface area (TPSA) is 78.5 Å². The molecular weight excluding hydrogens is 383 g/mol. The van der Waals surface area contributed by atoms with Gasteiger partial charge in [0.25, 0.3) is 0 Å². The zero-order chi connectivity index (χ0) is 20.8. The lowest BCUT2D eigenvalue weighted by Gasteiger charge is -2.27. The van der Waals surface area contributed by atoms with Crippen molar-refractivity contribution in [2.24, 2.45) is 0 Å². The minimum atomic E-state index is -4.82. The Kier molecular flexibility index (Phi) is 8.24. The fourth-order valence-electron chi connectivity index (χ4n) is 2.66. The Balaban J connectivity index is 2.84. The second-order valence-corrected chi connectivity index (χ2v) is 7.83. The number of hydrogen-bond donors (Lipinski definition) is 2. The molecule has 0 saturated carbocycles. The Hall–Kier alpha value is -1.65. The zero-order valence-corrected chi connectivity index (χ0v) is 16.6. The molecule has 1 amide bonds. The maximum Gasteiger partial charge on any atom is 0.417 e. The van der Waals surface area contributed by atoms with E-state index in [-0.39, 0.29) is 6.04 Å². The number of sulfonamides is 1. The molecule has 6 nitrogen and oxygen atoms in total. The highest BCUT2D eigenvalue weighted by molar-refractivity contribution is 7.89. The largest absolute Gasteiger partial charge is 0.417 e. The highest BCUT2D eigenvalue weighted by Gasteiger charge is 2.37. The zero-order valence-electron chi connectivity index (χ0n) is 15.8. The second-order valence-electron chi connectivity index (χ2n) is 6.15. The molecule has 0 aliphatic heterocycles. The van der Waals surface area contributed by atoms with E-state index in [0.717, 1.165) is 25.2 Å². The van der Waals surface area contributed by atoms with E-state index >= 15 is 0 Å². The molecule has 0 radical (unpaired) electrons. The van der Waals surface area contributed by atoms with Crippen LogP contribution in [-0.4, -0.2) is 50.9 Å². The van der Waals surface area contributed by atoms with Gasteiger partial charge < -0.3 is 5.32 Å². The summed E-state index contributed by atoms with van der Waals surface area (Å²) >= 11 is 0. The average Bonchev–Trinajstić information content (AvgIpc) is 2.59. The van der Waals surface area contributed by atoms with Gasteiger partial charge in [0, 0.05) is 12.6 Å². The van der Waals surface area contributed by atoms with Crippen LogP contribution in [0.4, 0.5) is 13.2 Å². The Morgan fingerprint density at radius 2 is 1.70 bits per heavy atom. The number of carbonyl (C=O) groups excluding carboxylic acids is 1. The number of nitrogens with one attached hydrogen (secondary N) is 2. The van der Waals surface area contributed by atoms with Crippen LogP contribution < -0.4 is 10.0 Å². The van der Waals surface area contributed by atoms with E-state index in [4.69, 9.17) is 0 Å². The fraction of sp³-hybridized carbons (Fsp3) is 0.588. The van der Waals surface area contributed by atoms with Crippen molar-refractivity contribution in [3.8, 4) is 0 Å². The first-order chi connectivity index (χ1) is 12.4. The molecule has 0 fully saturated rings. The van der Waals surface area contributed by atoms with Gasteiger partial charge in [-0.2, -0.15) is 17.9 Å². The smallest absolute Gasteiger partial charge is 0.353 e. The van der Waals surface area contributed by atoms with Crippen LogP contribution >= 0.6 is 0 Å². The van der Waals surface area contributed by atoms with Gasteiger partial charge in [-0.3, -0.25) is 9.69 Å². The normalized spacial score (nSPS) is 14.8. The SMILES string of the molecule is CCN(CC)C(C)CNC(=O)[C@H](C)NS(=O)(=O)c1ccccc1C(F)(F)F. The van der Waals surface area contributed by atoms with Gasteiger partial charge in [-0.05, 0) is 39.1 Å². The molecule has 0 aliphatic rings. The summed E-state index contributed by atoms with van der Waals surface area (Å²) in [7, 11) is -4.52. The summed E-state index contributed by atoms with van der Waals surface area (Å²) in [4.78, 5) is 13.4. The first-order valence-electron chi connectivity index (χ1n) is 8.64. The minimum absolute atomic E-state index is 0.0405. The molecule has 2 atom stereocenters. The second kappa shape index (κ2) is 9.52. The standard InChI is InChI=1S/C17H26F3N3O3S/c1-5-23(6-2)12(3)11-21-16(24)13(4)22-27(25,26)15-10-8-7-9-14(15)17(18,19)20/h7-10,12-13,22H,5-6,11H2,1-4H3,(H,21,24)/t12?,13-/m0/s1. The van der Waals surface area contributed by atoms with E-state index in [1.54, 1.807) is 0 Å². The lowest BCUT2D eigenvalue weighted by Crippen LogP contribution is -2.49. The number of nitrogens with zero attached hydrogens (tertiary/aromatic N) is 1. The Labute approximate surface area is 158 Å². The van der Waals surface area contributed by atoms with Gasteiger partial charge in [-0.1, -0.05) is 26.0 Å². The highest BCUT2D eigenvalue weighted by Crippen LogP contribution is 2.33. The Morgan fingerprint density at radius 1 is 1.15 bits per heavy atom. The van der Waals surface area contributed by atoms with Gasteiger partial charge >= 0.3 is 6.18 Å². The number of alkyl halides is 3. The summed E-state index contributed by atoms with van der Waals surface area (Å²) in [6.45, 7) is 9.06. The maximum atomic E-state index is 13.1. The lowest BCUT2D eigenvalue weighted by atomic mass is 10.2. The summed E-state index contributed by atoms with van der Waals surface area (Å²) in [6.07, 6.45) is -4.82. The van der Waals surface area contributed by atoms with E-state index in [9.17, 15) is 26.4 Å². The van der Waals surface area contributed by atoms with Crippen LogP contribution in [0.5, 0.6) is 0 Å². The van der Waals surface area contributed by atoms with Gasteiger partial charge in [0.05, 0.1) is 16.5 Å². The summed E-state index contributed by atoms with van der Waals surface area (Å²) in [5.41, 5.74) is -1.28. The maximum absolute atomic E-state index is 13.1. The molecule has 0 heterocycles. The van der Waals surface area contributed by atoms with E-state index in [1.165, 1.54) is 13.0 Å². The van der Waals surface area contributed by atoms with Crippen molar-refractivity contribution in [3.63, 3.8) is 0 Å². The molecule has 10 heteroatoms. The van der Waals surface area contributed by atoms with Crippen molar-refractivity contribution in [2.75, 3.05) is 19.6 Å². The van der Waals surface area contributed by atoms with Gasteiger partial charge in [0.1, 0.15) is 0 Å². The van der Waals surface area contributed by atoms with Crippen molar-refractivity contribution < 1.29 is 26.4 Å². The number of benzene rings is 1. The molecule has 1 aromatic carbocycles. The molecule has 1 unspecified atom stereocenters. The molecular formula is C17H26F3N3O3S. The number of amides is 1. The van der Waals surface area contributed by atoms with Gasteiger partial charge in [-0.25, -0.2) is 8.42 Å². The third kappa shape index (κ3) is 6.47. The van der Waals surface area contributed by atoms with Gasteiger partial charge in [0.2, 0.25) is 15.9 Å². The van der Waals surface area contributed by atoms with Crippen molar-refractivity contribution >= 4 is 15.9 Å². The Bertz CT molecular complexity index is 734. The minimum Gasteiger partial charge on any atom is -0.353 e. The van der Waals surface area contributed by atoms with E-state index < -0.39 is 38.6 Å². The summed E-state index contributed by atoms with van der Waals surface area (Å²) in [5.74, 6) is -0.609. The van der Waals surface area contributed by atoms with Crippen LogP contribution in [0.25, 0.3) is 0 Å². The first kappa shape index (κ1) is 23.4. The average molecular weight is 409 g/mol. The third-order valence-electron chi connectivity index (χ3n) is 4.21. The van der Waals surface area contributed by atoms with Crippen molar-refractivity contribution in [3.05, 3.63) is 29.8 Å². The van der Waals surface area contributed by atoms with Crippen LogP contribution in [0.3, 0.4) is 0 Å². The van der Waals surface area contributed by atoms with Crippen LogP contribution in [-0.2, 0) is 21.0 Å². The molecule has 1 aromatic rings. The number of rotatable bonds is 9. The Morgan fingerprint density at radius 3 is 2.22 bits per heavy atom. The number of halogens is 3. The molecule has 0 spiro atoms. The molecule has 1 rings (SSSR count). The van der Waals surface area contributed by atoms with Crippen LogP contribution in [0, 0.1) is 0 Å². The van der Waals surface area contributed by atoms with Crippen molar-refractivity contribution in [1.29, 1.82) is 0 Å². The highest BCUT2D eigenvalue weighted by atomic mass is 32.2. The number of hydrogen-bond acceptors (Lipinski definition) is 4. The monoisotopic (exact) mass is 409 g/mol. The number of carbonyl (C=O) groups is 1. The van der Waals surface area contributed by atoms with Crippen molar-refractivity contribution in [2.45, 2.75) is 50.9 Å².